The summed E-state index contributed by atoms with van der Waals surface area (Å²) in [5.74, 6) is -0.833. The Labute approximate surface area is 109 Å². The van der Waals surface area contributed by atoms with Crippen LogP contribution in [0.15, 0.2) is 0 Å². The molecule has 1 rings (SSSR count). The van der Waals surface area contributed by atoms with Crippen molar-refractivity contribution < 1.29 is 18.3 Å². The lowest BCUT2D eigenvalue weighted by Gasteiger charge is -2.42. The minimum atomic E-state index is -3.34. The lowest BCUT2D eigenvalue weighted by atomic mass is 9.79. The zero-order chi connectivity index (χ0) is 13.8. The number of carbonyl (C=O) groups is 1. The molecule has 0 aromatic carbocycles. The molecule has 0 saturated heterocycles. The van der Waals surface area contributed by atoms with Gasteiger partial charge in [0.05, 0.1) is 12.2 Å². The molecule has 1 aliphatic carbocycles. The van der Waals surface area contributed by atoms with Gasteiger partial charge in [0.25, 0.3) is 0 Å². The summed E-state index contributed by atoms with van der Waals surface area (Å²) in [6, 6.07) is 0. The third-order valence-electron chi connectivity index (χ3n) is 3.81. The standard InChI is InChI=1S/C12H23NO4S/c1-3-9-18(16,17)13(2)12(10-11(14)15)7-5-4-6-8-12/h3-10H2,1-2H3,(H,14,15). The first-order chi connectivity index (χ1) is 8.34. The van der Waals surface area contributed by atoms with E-state index >= 15 is 0 Å². The van der Waals surface area contributed by atoms with Crippen LogP contribution in [0.4, 0.5) is 0 Å². The van der Waals surface area contributed by atoms with Crippen LogP contribution < -0.4 is 0 Å². The van der Waals surface area contributed by atoms with Crippen molar-refractivity contribution in [2.24, 2.45) is 0 Å². The van der Waals surface area contributed by atoms with Gasteiger partial charge in [0.1, 0.15) is 0 Å². The first-order valence-electron chi connectivity index (χ1n) is 6.52. The van der Waals surface area contributed by atoms with E-state index in [0.29, 0.717) is 19.3 Å². The minimum absolute atomic E-state index is 0.0882. The maximum Gasteiger partial charge on any atom is 0.305 e. The zero-order valence-electron chi connectivity index (χ0n) is 11.2. The zero-order valence-corrected chi connectivity index (χ0v) is 12.0. The van der Waals surface area contributed by atoms with Crippen LogP contribution in [0.1, 0.15) is 51.9 Å². The Morgan fingerprint density at radius 2 is 1.83 bits per heavy atom. The summed E-state index contributed by atoms with van der Waals surface area (Å²) in [6.45, 7) is 1.82. The van der Waals surface area contributed by atoms with Crippen molar-refractivity contribution in [1.29, 1.82) is 0 Å². The molecule has 0 amide bonds. The van der Waals surface area contributed by atoms with Crippen LogP contribution in [0.2, 0.25) is 0 Å². The van der Waals surface area contributed by atoms with Crippen LogP contribution >= 0.6 is 0 Å². The van der Waals surface area contributed by atoms with Gasteiger partial charge in [-0.05, 0) is 19.3 Å². The third-order valence-corrected chi connectivity index (χ3v) is 5.96. The normalized spacial score (nSPS) is 19.9. The largest absolute Gasteiger partial charge is 0.481 e. The van der Waals surface area contributed by atoms with Gasteiger partial charge >= 0.3 is 5.97 Å². The Hall–Kier alpha value is -0.620. The number of nitrogens with zero attached hydrogens (tertiary/aromatic N) is 1. The highest BCUT2D eigenvalue weighted by atomic mass is 32.2. The summed E-state index contributed by atoms with van der Waals surface area (Å²) >= 11 is 0. The molecule has 18 heavy (non-hydrogen) atoms. The molecule has 6 heteroatoms. The summed E-state index contributed by atoms with van der Waals surface area (Å²) in [4.78, 5) is 11.0. The van der Waals surface area contributed by atoms with E-state index in [4.69, 9.17) is 5.11 Å². The predicted molar refractivity (Wildman–Crippen MR) is 69.9 cm³/mol. The van der Waals surface area contributed by atoms with Gasteiger partial charge in [-0.25, -0.2) is 8.42 Å². The highest BCUT2D eigenvalue weighted by molar-refractivity contribution is 7.89. The Kier molecular flexibility index (Phi) is 5.16. The van der Waals surface area contributed by atoms with Gasteiger partial charge in [-0.2, -0.15) is 4.31 Å². The molecule has 0 aliphatic heterocycles. The average Bonchev–Trinajstić information content (AvgIpc) is 2.28. The number of rotatable bonds is 6. The van der Waals surface area contributed by atoms with E-state index < -0.39 is 21.5 Å². The van der Waals surface area contributed by atoms with Crippen LogP contribution in [0.25, 0.3) is 0 Å². The fraction of sp³-hybridized carbons (Fsp3) is 0.917. The van der Waals surface area contributed by atoms with E-state index in [1.54, 1.807) is 7.05 Å². The lowest BCUT2D eigenvalue weighted by molar-refractivity contribution is -0.140. The summed E-state index contributed by atoms with van der Waals surface area (Å²) < 4.78 is 25.6. The minimum Gasteiger partial charge on any atom is -0.481 e. The van der Waals surface area contributed by atoms with Crippen molar-refractivity contribution in [3.8, 4) is 0 Å². The summed E-state index contributed by atoms with van der Waals surface area (Å²) in [7, 11) is -1.80. The van der Waals surface area contributed by atoms with Gasteiger partial charge < -0.3 is 5.11 Å². The molecule has 5 nitrogen and oxygen atoms in total. The Morgan fingerprint density at radius 1 is 1.28 bits per heavy atom. The molecule has 0 aromatic heterocycles. The summed E-state index contributed by atoms with van der Waals surface area (Å²) in [5.41, 5.74) is -0.710. The van der Waals surface area contributed by atoms with E-state index in [0.717, 1.165) is 19.3 Å². The van der Waals surface area contributed by atoms with E-state index in [2.05, 4.69) is 0 Å². The molecule has 106 valence electrons. The molecule has 1 N–H and O–H groups in total. The molecule has 0 heterocycles. The van der Waals surface area contributed by atoms with Crippen molar-refractivity contribution in [2.45, 2.75) is 57.4 Å². The highest BCUT2D eigenvalue weighted by Gasteiger charge is 2.42. The Morgan fingerprint density at radius 3 is 2.28 bits per heavy atom. The maximum atomic E-state index is 12.1. The average molecular weight is 277 g/mol. The molecule has 0 aromatic rings. The molecule has 1 aliphatic rings. The van der Waals surface area contributed by atoms with Gasteiger partial charge in [-0.1, -0.05) is 26.2 Å². The molecule has 1 fully saturated rings. The molecular formula is C12H23NO4S. The van der Waals surface area contributed by atoms with Crippen LogP contribution in [0.3, 0.4) is 0 Å². The quantitative estimate of drug-likeness (QED) is 0.804. The van der Waals surface area contributed by atoms with Crippen LogP contribution in [0.5, 0.6) is 0 Å². The monoisotopic (exact) mass is 277 g/mol. The van der Waals surface area contributed by atoms with Crippen molar-refractivity contribution in [1.82, 2.24) is 4.31 Å². The van der Waals surface area contributed by atoms with Gasteiger partial charge in [0.15, 0.2) is 0 Å². The van der Waals surface area contributed by atoms with Crippen molar-refractivity contribution >= 4 is 16.0 Å². The van der Waals surface area contributed by atoms with Crippen LogP contribution in [0, 0.1) is 0 Å². The Balaban J connectivity index is 2.98. The van der Waals surface area contributed by atoms with E-state index in [1.807, 2.05) is 6.92 Å². The van der Waals surface area contributed by atoms with Crippen LogP contribution in [-0.4, -0.2) is 42.1 Å². The SMILES string of the molecule is CCCS(=O)(=O)N(C)C1(CC(=O)O)CCCCC1. The van der Waals surface area contributed by atoms with E-state index in [1.165, 1.54) is 4.31 Å². The maximum absolute atomic E-state index is 12.1. The summed E-state index contributed by atoms with van der Waals surface area (Å²) in [5, 5.41) is 9.05. The fourth-order valence-electron chi connectivity index (χ4n) is 2.78. The van der Waals surface area contributed by atoms with E-state index in [-0.39, 0.29) is 12.2 Å². The predicted octanol–water partition coefficient (Wildman–Crippen LogP) is 1.84. The number of carboxylic acids is 1. The van der Waals surface area contributed by atoms with Crippen molar-refractivity contribution in [2.75, 3.05) is 12.8 Å². The van der Waals surface area contributed by atoms with Crippen molar-refractivity contribution in [3.05, 3.63) is 0 Å². The van der Waals surface area contributed by atoms with E-state index in [9.17, 15) is 13.2 Å². The molecule has 0 radical (unpaired) electrons. The number of carboxylic acid groups (broad SMARTS) is 1. The first-order valence-corrected chi connectivity index (χ1v) is 8.13. The third kappa shape index (κ3) is 3.45. The van der Waals surface area contributed by atoms with Gasteiger partial charge in [0, 0.05) is 12.6 Å². The summed E-state index contributed by atoms with van der Waals surface area (Å²) in [6.07, 6.45) is 4.63. The first kappa shape index (κ1) is 15.4. The molecule has 0 spiro atoms. The smallest absolute Gasteiger partial charge is 0.305 e. The second-order valence-electron chi connectivity index (χ2n) is 5.14. The molecule has 1 saturated carbocycles. The number of hydrogen-bond acceptors (Lipinski definition) is 3. The molecule has 0 atom stereocenters. The Bertz CT molecular complexity index is 385. The molecular weight excluding hydrogens is 254 g/mol. The number of sulfonamides is 1. The number of hydrogen-bond donors (Lipinski definition) is 1. The highest BCUT2D eigenvalue weighted by Crippen LogP contribution is 2.37. The van der Waals surface area contributed by atoms with Crippen LogP contribution in [-0.2, 0) is 14.8 Å². The second kappa shape index (κ2) is 6.02. The van der Waals surface area contributed by atoms with Gasteiger partial charge in [-0.3, -0.25) is 4.79 Å². The van der Waals surface area contributed by atoms with Gasteiger partial charge in [-0.15, -0.1) is 0 Å². The topological polar surface area (TPSA) is 74.7 Å². The second-order valence-corrected chi connectivity index (χ2v) is 7.26. The van der Waals surface area contributed by atoms with Crippen molar-refractivity contribution in [3.63, 3.8) is 0 Å². The molecule has 0 unspecified atom stereocenters. The van der Waals surface area contributed by atoms with Gasteiger partial charge in [0.2, 0.25) is 10.0 Å². The molecule has 0 bridgehead atoms. The lowest BCUT2D eigenvalue weighted by Crippen LogP contribution is -2.52. The fourth-order valence-corrected chi connectivity index (χ4v) is 4.41. The number of aliphatic carboxylic acids is 1.